The first-order valence-electron chi connectivity index (χ1n) is 11.8. The molecule has 0 radical (unpaired) electrons. The number of unbranched alkanes of at least 4 members (excludes halogenated alkanes) is 1. The maximum absolute atomic E-state index is 13.4. The summed E-state index contributed by atoms with van der Waals surface area (Å²) in [5.41, 5.74) is 4.63. The van der Waals surface area contributed by atoms with E-state index >= 15 is 0 Å². The highest BCUT2D eigenvalue weighted by atomic mass is 16.2. The van der Waals surface area contributed by atoms with Crippen molar-refractivity contribution in [1.82, 2.24) is 35.1 Å². The predicted octanol–water partition coefficient (Wildman–Crippen LogP) is 1.17. The van der Waals surface area contributed by atoms with Gasteiger partial charge >= 0.3 is 0 Å². The van der Waals surface area contributed by atoms with Crippen LogP contribution in [0, 0.1) is 0 Å². The van der Waals surface area contributed by atoms with Gasteiger partial charge in [-0.25, -0.2) is 9.97 Å². The van der Waals surface area contributed by atoms with Crippen molar-refractivity contribution in [1.29, 1.82) is 0 Å². The molecule has 2 aromatic heterocycles. The van der Waals surface area contributed by atoms with Crippen LogP contribution in [0.2, 0.25) is 0 Å². The summed E-state index contributed by atoms with van der Waals surface area (Å²) in [5.74, 6) is 0.475. The molecule has 0 saturated heterocycles. The van der Waals surface area contributed by atoms with Gasteiger partial charge in [0.25, 0.3) is 5.91 Å². The molecule has 2 atom stereocenters. The number of nitrogens with two attached hydrogens (primary N) is 1. The zero-order chi connectivity index (χ0) is 24.7. The molecule has 1 aliphatic heterocycles. The molecular weight excluding hydrogens is 434 g/mol. The predicted molar refractivity (Wildman–Crippen MR) is 130 cm³/mol. The SMILES string of the molecule is CC(C)N(CCCCC1(C(N)=O)C=NC(C(=O)N(Cc2ncc[nH]2)Cc2ncc[nH]2)N1)C(C)C. The molecule has 11 heteroatoms. The number of aromatic nitrogens is 4. The summed E-state index contributed by atoms with van der Waals surface area (Å²) in [6.45, 7) is 10.2. The average molecular weight is 472 g/mol. The van der Waals surface area contributed by atoms with E-state index in [-0.39, 0.29) is 19.0 Å². The smallest absolute Gasteiger partial charge is 0.262 e. The summed E-state index contributed by atoms with van der Waals surface area (Å²) >= 11 is 0. The molecule has 186 valence electrons. The number of H-pyrrole nitrogens is 2. The second-order valence-electron chi connectivity index (χ2n) is 9.31. The van der Waals surface area contributed by atoms with E-state index in [1.165, 1.54) is 6.21 Å². The molecule has 0 saturated carbocycles. The highest BCUT2D eigenvalue weighted by Gasteiger charge is 2.43. The zero-order valence-corrected chi connectivity index (χ0v) is 20.5. The summed E-state index contributed by atoms with van der Waals surface area (Å²) < 4.78 is 0. The highest BCUT2D eigenvalue weighted by molar-refractivity contribution is 6.05. The van der Waals surface area contributed by atoms with Gasteiger partial charge in [0.15, 0.2) is 6.17 Å². The normalized spacial score (nSPS) is 20.0. The number of aromatic amines is 2. The van der Waals surface area contributed by atoms with E-state index in [4.69, 9.17) is 5.73 Å². The topological polar surface area (TPSA) is 148 Å². The van der Waals surface area contributed by atoms with Crippen molar-refractivity contribution in [2.75, 3.05) is 6.54 Å². The van der Waals surface area contributed by atoms with Crippen molar-refractivity contribution in [3.05, 3.63) is 36.4 Å². The van der Waals surface area contributed by atoms with Crippen LogP contribution in [0.1, 0.15) is 58.6 Å². The number of carbonyl (C=O) groups excluding carboxylic acids is 2. The average Bonchev–Trinajstić information content (AvgIpc) is 3.55. The van der Waals surface area contributed by atoms with Gasteiger partial charge < -0.3 is 20.6 Å². The molecular formula is C23H37N9O2. The Morgan fingerprint density at radius 3 is 2.09 bits per heavy atom. The maximum Gasteiger partial charge on any atom is 0.262 e. The van der Waals surface area contributed by atoms with Gasteiger partial charge in [-0.1, -0.05) is 0 Å². The minimum Gasteiger partial charge on any atom is -0.368 e. The van der Waals surface area contributed by atoms with E-state index in [2.05, 4.69) is 62.8 Å². The lowest BCUT2D eigenvalue weighted by Crippen LogP contribution is -2.58. The second kappa shape index (κ2) is 11.4. The Hall–Kier alpha value is -3.05. The fourth-order valence-corrected chi connectivity index (χ4v) is 4.37. The Labute approximate surface area is 200 Å². The molecule has 0 aliphatic carbocycles. The van der Waals surface area contributed by atoms with Crippen LogP contribution < -0.4 is 11.1 Å². The van der Waals surface area contributed by atoms with Crippen LogP contribution in [0.3, 0.4) is 0 Å². The Balaban J connectivity index is 1.63. The van der Waals surface area contributed by atoms with Crippen molar-refractivity contribution in [2.24, 2.45) is 10.7 Å². The summed E-state index contributed by atoms with van der Waals surface area (Å²) in [6, 6.07) is 0.903. The van der Waals surface area contributed by atoms with E-state index in [0.717, 1.165) is 19.4 Å². The van der Waals surface area contributed by atoms with Crippen LogP contribution in [-0.2, 0) is 22.7 Å². The number of hydrogen-bond donors (Lipinski definition) is 4. The molecule has 0 aromatic carbocycles. The molecule has 2 aromatic rings. The van der Waals surface area contributed by atoms with Crippen LogP contribution in [0.5, 0.6) is 0 Å². The fourth-order valence-electron chi connectivity index (χ4n) is 4.37. The second-order valence-corrected chi connectivity index (χ2v) is 9.31. The van der Waals surface area contributed by atoms with Crippen LogP contribution in [0.15, 0.2) is 29.8 Å². The number of amides is 2. The van der Waals surface area contributed by atoms with Gasteiger partial charge in [0.05, 0.1) is 13.1 Å². The van der Waals surface area contributed by atoms with E-state index < -0.39 is 17.6 Å². The Morgan fingerprint density at radius 1 is 1.03 bits per heavy atom. The first-order valence-corrected chi connectivity index (χ1v) is 11.8. The van der Waals surface area contributed by atoms with Crippen LogP contribution in [0.4, 0.5) is 0 Å². The lowest BCUT2D eigenvalue weighted by atomic mass is 9.93. The summed E-state index contributed by atoms with van der Waals surface area (Å²) in [5, 5.41) is 3.11. The van der Waals surface area contributed by atoms with E-state index in [1.54, 1.807) is 29.7 Å². The lowest BCUT2D eigenvalue weighted by molar-refractivity contribution is -0.135. The molecule has 0 spiro atoms. The van der Waals surface area contributed by atoms with Crippen molar-refractivity contribution in [2.45, 2.75) is 83.8 Å². The van der Waals surface area contributed by atoms with Crippen molar-refractivity contribution < 1.29 is 9.59 Å². The number of hydrogen-bond acceptors (Lipinski definition) is 7. The Bertz CT molecular complexity index is 896. The molecule has 0 bridgehead atoms. The third-order valence-electron chi connectivity index (χ3n) is 6.18. The van der Waals surface area contributed by atoms with E-state index in [9.17, 15) is 9.59 Å². The minimum atomic E-state index is -1.14. The molecule has 1 aliphatic rings. The van der Waals surface area contributed by atoms with Gasteiger partial charge in [0, 0.05) is 43.1 Å². The number of nitrogens with one attached hydrogen (secondary N) is 3. The molecule has 11 nitrogen and oxygen atoms in total. The summed E-state index contributed by atoms with van der Waals surface area (Å²) in [4.78, 5) is 48.6. The highest BCUT2D eigenvalue weighted by Crippen LogP contribution is 2.21. The number of primary amides is 1. The quantitative estimate of drug-likeness (QED) is 0.322. The summed E-state index contributed by atoms with van der Waals surface area (Å²) in [7, 11) is 0. The van der Waals surface area contributed by atoms with Crippen LogP contribution in [0.25, 0.3) is 0 Å². The molecule has 2 amide bonds. The molecule has 2 unspecified atom stereocenters. The van der Waals surface area contributed by atoms with Crippen LogP contribution in [-0.4, -0.2) is 78.1 Å². The number of aliphatic imine (C=N–C) groups is 1. The molecule has 0 fully saturated rings. The maximum atomic E-state index is 13.4. The van der Waals surface area contributed by atoms with Gasteiger partial charge in [-0.05, 0) is 53.5 Å². The molecule has 34 heavy (non-hydrogen) atoms. The third-order valence-corrected chi connectivity index (χ3v) is 6.18. The first kappa shape index (κ1) is 25.6. The van der Waals surface area contributed by atoms with Crippen LogP contribution >= 0.6 is 0 Å². The van der Waals surface area contributed by atoms with Gasteiger partial charge in [0.1, 0.15) is 17.2 Å². The van der Waals surface area contributed by atoms with E-state index in [1.807, 2.05) is 0 Å². The van der Waals surface area contributed by atoms with Crippen molar-refractivity contribution >= 4 is 18.0 Å². The number of carbonyl (C=O) groups is 2. The molecule has 3 heterocycles. The monoisotopic (exact) mass is 471 g/mol. The van der Waals surface area contributed by atoms with Gasteiger partial charge in [-0.2, -0.15) is 0 Å². The van der Waals surface area contributed by atoms with E-state index in [0.29, 0.717) is 30.2 Å². The van der Waals surface area contributed by atoms with Gasteiger partial charge in [-0.3, -0.25) is 24.8 Å². The molecule has 3 rings (SSSR count). The first-order chi connectivity index (χ1) is 16.2. The Kier molecular flexibility index (Phi) is 8.56. The largest absolute Gasteiger partial charge is 0.368 e. The lowest BCUT2D eigenvalue weighted by Gasteiger charge is -2.31. The minimum absolute atomic E-state index is 0.254. The summed E-state index contributed by atoms with van der Waals surface area (Å²) in [6.07, 6.45) is 9.46. The third kappa shape index (κ3) is 6.29. The van der Waals surface area contributed by atoms with Crippen molar-refractivity contribution in [3.8, 4) is 0 Å². The Morgan fingerprint density at radius 2 is 1.62 bits per heavy atom. The standard InChI is InChI=1S/C23H37N9O2/c1-16(2)32(17(3)4)12-6-5-7-23(22(24)34)15-29-20(30-23)21(33)31(13-18-25-8-9-26-18)14-19-27-10-11-28-19/h8-11,15-17,20,30H,5-7,12-14H2,1-4H3,(H2,24,34)(H,25,26)(H,27,28). The van der Waals surface area contributed by atoms with Gasteiger partial charge in [-0.15, -0.1) is 0 Å². The van der Waals surface area contributed by atoms with Gasteiger partial charge in [0.2, 0.25) is 5.91 Å². The zero-order valence-electron chi connectivity index (χ0n) is 20.5. The van der Waals surface area contributed by atoms with Crippen molar-refractivity contribution in [3.63, 3.8) is 0 Å². The molecule has 5 N–H and O–H groups in total. The number of nitrogens with zero attached hydrogens (tertiary/aromatic N) is 5. The number of rotatable bonds is 13. The fraction of sp³-hybridized carbons (Fsp3) is 0.609. The number of imidazole rings is 2.